The van der Waals surface area contributed by atoms with Gasteiger partial charge in [-0.25, -0.2) is 0 Å². The molecule has 0 fully saturated rings. The van der Waals surface area contributed by atoms with Gasteiger partial charge in [-0.2, -0.15) is 0 Å². The normalized spacial score (nSPS) is 12.1. The third-order valence-corrected chi connectivity index (χ3v) is 2.77. The van der Waals surface area contributed by atoms with E-state index in [4.69, 9.17) is 9.84 Å². The Bertz CT molecular complexity index is 243. The molecule has 1 amide bonds. The number of unbranched alkanes of at least 4 members (excludes halogenated alkanes) is 4. The predicted molar refractivity (Wildman–Crippen MR) is 69.4 cm³/mol. The second-order valence-electron chi connectivity index (χ2n) is 4.42. The van der Waals surface area contributed by atoms with Gasteiger partial charge >= 0.3 is 5.97 Å². The van der Waals surface area contributed by atoms with Crippen LogP contribution in [0.3, 0.4) is 0 Å². The van der Waals surface area contributed by atoms with Gasteiger partial charge in [-0.05, 0) is 6.42 Å². The number of nitrogens with one attached hydrogen (secondary N) is 1. The number of methoxy groups -OCH3 is 1. The van der Waals surface area contributed by atoms with Crippen molar-refractivity contribution in [2.75, 3.05) is 13.7 Å². The van der Waals surface area contributed by atoms with Crippen LogP contribution >= 0.6 is 0 Å². The van der Waals surface area contributed by atoms with Crippen LogP contribution in [0.2, 0.25) is 0 Å². The first-order chi connectivity index (χ1) is 8.60. The molecule has 0 rings (SSSR count). The van der Waals surface area contributed by atoms with Crippen LogP contribution in [0.5, 0.6) is 0 Å². The Hall–Kier alpha value is -1.10. The van der Waals surface area contributed by atoms with Crippen LogP contribution in [0.4, 0.5) is 0 Å². The van der Waals surface area contributed by atoms with Crippen molar-refractivity contribution in [2.24, 2.45) is 0 Å². The van der Waals surface area contributed by atoms with Crippen molar-refractivity contribution in [1.29, 1.82) is 0 Å². The molecule has 0 heterocycles. The van der Waals surface area contributed by atoms with Gasteiger partial charge in [0, 0.05) is 20.1 Å². The van der Waals surface area contributed by atoms with E-state index in [0.29, 0.717) is 6.42 Å². The minimum Gasteiger partial charge on any atom is -0.481 e. The summed E-state index contributed by atoms with van der Waals surface area (Å²) in [7, 11) is 1.45. The third-order valence-electron chi connectivity index (χ3n) is 2.77. The zero-order valence-corrected chi connectivity index (χ0v) is 11.4. The summed E-state index contributed by atoms with van der Waals surface area (Å²) in [5.41, 5.74) is 0. The molecule has 0 bridgehead atoms. The zero-order valence-electron chi connectivity index (χ0n) is 11.4. The van der Waals surface area contributed by atoms with E-state index in [2.05, 4.69) is 12.2 Å². The Kier molecular flexibility index (Phi) is 10.3. The highest BCUT2D eigenvalue weighted by Gasteiger charge is 2.13. The summed E-state index contributed by atoms with van der Waals surface area (Å²) in [6.45, 7) is 2.41. The lowest BCUT2D eigenvalue weighted by molar-refractivity contribution is -0.140. The van der Waals surface area contributed by atoms with Gasteiger partial charge in [-0.15, -0.1) is 0 Å². The number of carboxylic acid groups (broad SMARTS) is 1. The van der Waals surface area contributed by atoms with E-state index in [1.54, 1.807) is 0 Å². The van der Waals surface area contributed by atoms with Gasteiger partial charge < -0.3 is 15.2 Å². The zero-order chi connectivity index (χ0) is 13.8. The minimum atomic E-state index is -0.921. The third kappa shape index (κ3) is 10.1. The number of carbonyl (C=O) groups excluding carboxylic acids is 1. The molecule has 0 aliphatic carbocycles. The maximum Gasteiger partial charge on any atom is 0.306 e. The number of carboxylic acids is 1. The smallest absolute Gasteiger partial charge is 0.306 e. The van der Waals surface area contributed by atoms with E-state index in [1.165, 1.54) is 26.4 Å². The van der Waals surface area contributed by atoms with Crippen LogP contribution in [-0.2, 0) is 14.3 Å². The standard InChI is InChI=1S/C13H25NO4/c1-3-4-5-6-7-8-12(15)14-10-11(18-2)9-13(16)17/h11H,3-10H2,1-2H3,(H,14,15)(H,16,17). The van der Waals surface area contributed by atoms with Crippen molar-refractivity contribution in [2.45, 2.75) is 58.0 Å². The van der Waals surface area contributed by atoms with E-state index in [1.807, 2.05) is 0 Å². The molecular formula is C13H25NO4. The van der Waals surface area contributed by atoms with Gasteiger partial charge in [0.05, 0.1) is 12.5 Å². The Labute approximate surface area is 109 Å². The highest BCUT2D eigenvalue weighted by Crippen LogP contribution is 2.04. The molecule has 0 aromatic rings. The number of aliphatic carboxylic acids is 1. The number of ether oxygens (including phenoxy) is 1. The average molecular weight is 259 g/mol. The summed E-state index contributed by atoms with van der Waals surface area (Å²) >= 11 is 0. The summed E-state index contributed by atoms with van der Waals surface area (Å²) in [5, 5.41) is 11.3. The number of rotatable bonds is 11. The lowest BCUT2D eigenvalue weighted by atomic mass is 10.1. The fraction of sp³-hybridized carbons (Fsp3) is 0.846. The van der Waals surface area contributed by atoms with Gasteiger partial charge in [-0.1, -0.05) is 32.6 Å². The molecule has 2 N–H and O–H groups in total. The Morgan fingerprint density at radius 2 is 1.89 bits per heavy atom. The molecule has 18 heavy (non-hydrogen) atoms. The number of amides is 1. The van der Waals surface area contributed by atoms with Gasteiger partial charge in [0.2, 0.25) is 5.91 Å². The molecule has 0 radical (unpaired) electrons. The molecular weight excluding hydrogens is 234 g/mol. The van der Waals surface area contributed by atoms with Crippen molar-refractivity contribution in [3.05, 3.63) is 0 Å². The van der Waals surface area contributed by atoms with Crippen LogP contribution in [0.25, 0.3) is 0 Å². The van der Waals surface area contributed by atoms with Gasteiger partial charge in [-0.3, -0.25) is 9.59 Å². The number of carbonyl (C=O) groups is 2. The molecule has 0 saturated carbocycles. The maximum absolute atomic E-state index is 11.5. The van der Waals surface area contributed by atoms with Crippen LogP contribution in [0.1, 0.15) is 51.9 Å². The van der Waals surface area contributed by atoms with Crippen LogP contribution < -0.4 is 5.32 Å². The van der Waals surface area contributed by atoms with Gasteiger partial charge in [0.15, 0.2) is 0 Å². The van der Waals surface area contributed by atoms with E-state index < -0.39 is 12.1 Å². The lowest BCUT2D eigenvalue weighted by Gasteiger charge is -2.13. The Morgan fingerprint density at radius 3 is 2.44 bits per heavy atom. The number of hydrogen-bond donors (Lipinski definition) is 2. The fourth-order valence-electron chi connectivity index (χ4n) is 1.64. The van der Waals surface area contributed by atoms with Crippen LogP contribution in [0.15, 0.2) is 0 Å². The molecule has 5 nitrogen and oxygen atoms in total. The van der Waals surface area contributed by atoms with E-state index >= 15 is 0 Å². The molecule has 0 saturated heterocycles. The Morgan fingerprint density at radius 1 is 1.22 bits per heavy atom. The molecule has 0 spiro atoms. The van der Waals surface area contributed by atoms with Crippen molar-refractivity contribution in [3.8, 4) is 0 Å². The molecule has 0 aliphatic heterocycles. The first-order valence-electron chi connectivity index (χ1n) is 6.61. The fourth-order valence-corrected chi connectivity index (χ4v) is 1.64. The average Bonchev–Trinajstić information content (AvgIpc) is 2.33. The molecule has 5 heteroatoms. The molecule has 0 aromatic heterocycles. The predicted octanol–water partition coefficient (Wildman–Crippen LogP) is 1.95. The van der Waals surface area contributed by atoms with Crippen LogP contribution in [0, 0.1) is 0 Å². The maximum atomic E-state index is 11.5. The highest BCUT2D eigenvalue weighted by atomic mass is 16.5. The first-order valence-corrected chi connectivity index (χ1v) is 6.61. The van der Waals surface area contributed by atoms with Crippen LogP contribution in [-0.4, -0.2) is 36.7 Å². The SMILES string of the molecule is CCCCCCCC(=O)NCC(CC(=O)O)OC. The van der Waals surface area contributed by atoms with Crippen molar-refractivity contribution in [3.63, 3.8) is 0 Å². The van der Waals surface area contributed by atoms with Gasteiger partial charge in [0.25, 0.3) is 0 Å². The first kappa shape index (κ1) is 16.9. The van der Waals surface area contributed by atoms with Crippen molar-refractivity contribution >= 4 is 11.9 Å². The van der Waals surface area contributed by atoms with E-state index in [0.717, 1.165) is 12.8 Å². The summed E-state index contributed by atoms with van der Waals surface area (Å²) in [6.07, 6.45) is 5.51. The molecule has 1 unspecified atom stereocenters. The summed E-state index contributed by atoms with van der Waals surface area (Å²) in [5.74, 6) is -0.949. The minimum absolute atomic E-state index is 0.0288. The molecule has 1 atom stereocenters. The second-order valence-corrected chi connectivity index (χ2v) is 4.42. The topological polar surface area (TPSA) is 75.6 Å². The van der Waals surface area contributed by atoms with Crippen molar-refractivity contribution in [1.82, 2.24) is 5.32 Å². The van der Waals surface area contributed by atoms with E-state index in [9.17, 15) is 9.59 Å². The second kappa shape index (κ2) is 11.0. The molecule has 106 valence electrons. The van der Waals surface area contributed by atoms with E-state index in [-0.39, 0.29) is 18.9 Å². The molecule has 0 aromatic carbocycles. The quantitative estimate of drug-likeness (QED) is 0.556. The molecule has 0 aliphatic rings. The summed E-state index contributed by atoms with van der Waals surface area (Å²) < 4.78 is 4.97. The van der Waals surface area contributed by atoms with Gasteiger partial charge in [0.1, 0.15) is 0 Å². The largest absolute Gasteiger partial charge is 0.481 e. The number of hydrogen-bond acceptors (Lipinski definition) is 3. The lowest BCUT2D eigenvalue weighted by Crippen LogP contribution is -2.34. The highest BCUT2D eigenvalue weighted by molar-refractivity contribution is 5.76. The monoisotopic (exact) mass is 259 g/mol. The Balaban J connectivity index is 3.58. The summed E-state index contributed by atoms with van der Waals surface area (Å²) in [6, 6.07) is 0. The van der Waals surface area contributed by atoms with Crippen molar-refractivity contribution < 1.29 is 19.4 Å². The summed E-state index contributed by atoms with van der Waals surface area (Å²) in [4.78, 5) is 22.0.